The average Bonchev–Trinajstić information content (AvgIpc) is 4.07. The first-order chi connectivity index (χ1) is 36.8. The van der Waals surface area contributed by atoms with E-state index in [9.17, 15) is 19.8 Å². The summed E-state index contributed by atoms with van der Waals surface area (Å²) in [7, 11) is 0. The number of hydrogen-bond acceptors (Lipinski definition) is 10. The second-order valence-corrected chi connectivity index (χ2v) is 21.2. The van der Waals surface area contributed by atoms with E-state index in [0.29, 0.717) is 62.0 Å². The van der Waals surface area contributed by atoms with Crippen LogP contribution in [0.3, 0.4) is 0 Å². The molecular weight excluding hydrogens is 949 g/mol. The minimum absolute atomic E-state index is 0.0261. The molecule has 0 atom stereocenters. The fourth-order valence-electron chi connectivity index (χ4n) is 10.8. The first-order valence-corrected chi connectivity index (χ1v) is 27.2. The van der Waals surface area contributed by atoms with E-state index < -0.39 is 0 Å². The summed E-state index contributed by atoms with van der Waals surface area (Å²) in [5, 5.41) is 20.4. The lowest BCUT2D eigenvalue weighted by Crippen LogP contribution is -2.45. The van der Waals surface area contributed by atoms with Crippen molar-refractivity contribution >= 4 is 17.4 Å². The van der Waals surface area contributed by atoms with E-state index in [1.54, 1.807) is 11.0 Å². The van der Waals surface area contributed by atoms with Gasteiger partial charge >= 0.3 is 0 Å². The second-order valence-electron chi connectivity index (χ2n) is 21.2. The number of piperazine rings is 2. The Kier molecular flexibility index (Phi) is 17.6. The Labute approximate surface area is 450 Å². The van der Waals surface area contributed by atoms with E-state index >= 15 is 0 Å². The first-order valence-electron chi connectivity index (χ1n) is 27.2. The summed E-state index contributed by atoms with van der Waals surface area (Å²) in [5.41, 5.74) is 12.6. The molecule has 0 bridgehead atoms. The van der Waals surface area contributed by atoms with Crippen LogP contribution in [0.1, 0.15) is 117 Å². The molecule has 2 amide bonds. The van der Waals surface area contributed by atoms with Gasteiger partial charge in [0.05, 0.1) is 11.1 Å². The summed E-state index contributed by atoms with van der Waals surface area (Å²) in [5.74, 6) is 0.828. The molecule has 398 valence electrons. The number of aromatic hydroxyl groups is 2. The number of allylic oxidation sites excluding steroid dienone is 1. The molecule has 2 saturated heterocycles. The highest BCUT2D eigenvalue weighted by atomic mass is 16.5. The van der Waals surface area contributed by atoms with Crippen LogP contribution in [0, 0.1) is 0 Å². The molecule has 0 radical (unpaired) electrons. The minimum atomic E-state index is -0.201. The third-order valence-electron chi connectivity index (χ3n) is 15.4. The molecule has 12 heteroatoms. The predicted molar refractivity (Wildman–Crippen MR) is 301 cm³/mol. The maximum atomic E-state index is 14.2. The Balaban J connectivity index is 0.000000199. The van der Waals surface area contributed by atoms with Crippen molar-refractivity contribution in [2.45, 2.75) is 93.0 Å². The molecule has 2 fully saturated rings. The highest BCUT2D eigenvalue weighted by molar-refractivity contribution is 5.99. The number of rotatable bonds is 16. The summed E-state index contributed by atoms with van der Waals surface area (Å²) in [6.45, 7) is 30.5. The molecule has 0 aromatic heterocycles. The van der Waals surface area contributed by atoms with Gasteiger partial charge in [-0.15, -0.1) is 0 Å². The van der Waals surface area contributed by atoms with E-state index in [-0.39, 0.29) is 34.8 Å². The molecular formula is C64H76N6O6. The SMILES string of the molecule is C=C(C)c1cc(C(=O)N2Cc3ccc(CN4CCN(CC)CC4)cc3C2)c(OCc2ccccc2)cc1OCc1ccccc1.CCN1CCN(Cc2ccc3c(c2)CN(C(=O)c2cc(C(C)C)c(O)cc2O)C3)CC1. The smallest absolute Gasteiger partial charge is 0.258 e. The predicted octanol–water partition coefficient (Wildman–Crippen LogP) is 10.7. The van der Waals surface area contributed by atoms with Crippen LogP contribution in [0.25, 0.3) is 5.57 Å². The van der Waals surface area contributed by atoms with E-state index in [1.165, 1.54) is 33.9 Å². The summed E-state index contributed by atoms with van der Waals surface area (Å²) < 4.78 is 12.7. The van der Waals surface area contributed by atoms with Gasteiger partial charge in [-0.05, 0) is 93.7 Å². The summed E-state index contributed by atoms with van der Waals surface area (Å²) in [6, 6.07) is 40.0. The quantitative estimate of drug-likeness (QED) is 0.0972. The lowest BCUT2D eigenvalue weighted by Gasteiger charge is -2.34. The Morgan fingerprint density at radius 3 is 1.38 bits per heavy atom. The zero-order chi connectivity index (χ0) is 53.3. The number of ether oxygens (including phenoxy) is 2. The van der Waals surface area contributed by atoms with Gasteiger partial charge < -0.3 is 39.3 Å². The van der Waals surface area contributed by atoms with Gasteiger partial charge in [0.25, 0.3) is 11.8 Å². The molecule has 0 saturated carbocycles. The van der Waals surface area contributed by atoms with Crippen molar-refractivity contribution in [3.8, 4) is 23.0 Å². The topological polar surface area (TPSA) is 113 Å². The van der Waals surface area contributed by atoms with Gasteiger partial charge in [-0.25, -0.2) is 0 Å². The summed E-state index contributed by atoms with van der Waals surface area (Å²) >= 11 is 0. The number of benzene rings is 6. The van der Waals surface area contributed by atoms with Gasteiger partial charge in [0.15, 0.2) is 0 Å². The molecule has 0 unspecified atom stereocenters. The zero-order valence-electron chi connectivity index (χ0n) is 45.3. The van der Waals surface area contributed by atoms with Crippen molar-refractivity contribution in [2.24, 2.45) is 0 Å². The molecule has 12 nitrogen and oxygen atoms in total. The van der Waals surface area contributed by atoms with Gasteiger partial charge in [0.1, 0.15) is 36.2 Å². The van der Waals surface area contributed by atoms with E-state index in [2.05, 4.69) is 76.4 Å². The Morgan fingerprint density at radius 1 is 0.500 bits per heavy atom. The maximum Gasteiger partial charge on any atom is 0.258 e. The highest BCUT2D eigenvalue weighted by Gasteiger charge is 2.30. The number of amides is 2. The van der Waals surface area contributed by atoms with Gasteiger partial charge in [0, 0.05) is 109 Å². The van der Waals surface area contributed by atoms with Crippen molar-refractivity contribution in [3.63, 3.8) is 0 Å². The van der Waals surface area contributed by atoms with Crippen LogP contribution in [0.2, 0.25) is 0 Å². The standard InChI is InChI=1S/C39H43N3O3.C25H33N3O3/c1-4-40-17-19-41(20-18-40)24-32-15-16-33-25-42(26-34(33)21-32)39(43)36-22-35(29(2)3)37(44-27-30-11-7-5-8-12-30)23-38(36)45-28-31-13-9-6-10-14-31;1-4-26-7-9-27(10-8-26)14-18-5-6-19-15-28(16-20(19)11-18)25(31)22-12-21(17(2)3)23(29)13-24(22)30/h5-16,21-23H,2,4,17-20,24-28H2,1,3H3;5-6,11-13,17,29-30H,4,7-10,14-16H2,1-3H3. The minimum Gasteiger partial charge on any atom is -0.508 e. The number of hydrogen-bond donors (Lipinski definition) is 2. The molecule has 4 aliphatic rings. The molecule has 0 spiro atoms. The van der Waals surface area contributed by atoms with Crippen LogP contribution in [-0.4, -0.2) is 117 Å². The second kappa shape index (κ2) is 24.8. The van der Waals surface area contributed by atoms with Crippen LogP contribution < -0.4 is 9.47 Å². The Morgan fingerprint density at radius 2 is 0.934 bits per heavy atom. The average molecular weight is 1030 g/mol. The molecule has 76 heavy (non-hydrogen) atoms. The Bertz CT molecular complexity index is 2980. The number of likely N-dealkylation sites (N-methyl/N-ethyl adjacent to an activating group) is 2. The van der Waals surface area contributed by atoms with E-state index in [4.69, 9.17) is 9.47 Å². The van der Waals surface area contributed by atoms with Gasteiger partial charge in [0.2, 0.25) is 0 Å². The number of phenolic OH excluding ortho intramolecular Hbond substituents is 2. The third-order valence-corrected chi connectivity index (χ3v) is 15.4. The molecule has 4 aliphatic heterocycles. The fourth-order valence-corrected chi connectivity index (χ4v) is 10.8. The summed E-state index contributed by atoms with van der Waals surface area (Å²) in [6.07, 6.45) is 0. The molecule has 0 aliphatic carbocycles. The molecule has 4 heterocycles. The lowest BCUT2D eigenvalue weighted by atomic mass is 9.98. The van der Waals surface area contributed by atoms with Gasteiger partial charge in [-0.3, -0.25) is 19.4 Å². The largest absolute Gasteiger partial charge is 0.508 e. The third kappa shape index (κ3) is 13.2. The molecule has 6 aromatic carbocycles. The molecule has 10 rings (SSSR count). The maximum absolute atomic E-state index is 14.2. The van der Waals surface area contributed by atoms with Gasteiger partial charge in [-0.2, -0.15) is 0 Å². The van der Waals surface area contributed by atoms with Crippen molar-refractivity contribution in [1.29, 1.82) is 0 Å². The van der Waals surface area contributed by atoms with Crippen molar-refractivity contribution in [2.75, 3.05) is 65.4 Å². The fraction of sp³-hybridized carbons (Fsp3) is 0.375. The first kappa shape index (κ1) is 53.9. The van der Waals surface area contributed by atoms with Crippen molar-refractivity contribution in [3.05, 3.63) is 195 Å². The van der Waals surface area contributed by atoms with Crippen LogP contribution in [0.5, 0.6) is 23.0 Å². The van der Waals surface area contributed by atoms with Gasteiger partial charge in [-0.1, -0.05) is 131 Å². The Hall–Kier alpha value is -6.96. The normalized spacial score (nSPS) is 16.0. The zero-order valence-corrected chi connectivity index (χ0v) is 45.3. The molecule has 2 N–H and O–H groups in total. The van der Waals surface area contributed by atoms with Crippen molar-refractivity contribution in [1.82, 2.24) is 29.4 Å². The summed E-state index contributed by atoms with van der Waals surface area (Å²) in [4.78, 5) is 41.1. The number of carbonyl (C=O) groups is 2. The number of carbonyl (C=O) groups excluding carboxylic acids is 2. The van der Waals surface area contributed by atoms with Crippen LogP contribution in [-0.2, 0) is 52.5 Å². The number of nitrogens with zero attached hydrogens (tertiary/aromatic N) is 6. The van der Waals surface area contributed by atoms with Crippen LogP contribution in [0.15, 0.2) is 128 Å². The van der Waals surface area contributed by atoms with Crippen LogP contribution in [0.4, 0.5) is 0 Å². The van der Waals surface area contributed by atoms with E-state index in [0.717, 1.165) is 106 Å². The lowest BCUT2D eigenvalue weighted by molar-refractivity contribution is 0.0739. The molecule has 6 aromatic rings. The monoisotopic (exact) mass is 1020 g/mol. The van der Waals surface area contributed by atoms with E-state index in [1.807, 2.05) is 98.5 Å². The number of phenols is 2. The van der Waals surface area contributed by atoms with Crippen molar-refractivity contribution < 1.29 is 29.3 Å². The van der Waals surface area contributed by atoms with Crippen LogP contribution >= 0.6 is 0 Å². The number of fused-ring (bicyclic) bond motifs is 2. The highest BCUT2D eigenvalue weighted by Crippen LogP contribution is 2.38.